The van der Waals surface area contributed by atoms with Gasteiger partial charge in [0.1, 0.15) is 5.82 Å². The van der Waals surface area contributed by atoms with Crippen LogP contribution in [0.1, 0.15) is 31.5 Å². The molecule has 32 heavy (non-hydrogen) atoms. The van der Waals surface area contributed by atoms with Gasteiger partial charge in [-0.2, -0.15) is 22.5 Å². The average molecular weight is 468 g/mol. The fourth-order valence-electron chi connectivity index (χ4n) is 4.69. The van der Waals surface area contributed by atoms with Crippen LogP contribution in [-0.2, 0) is 0 Å². The van der Waals surface area contributed by atoms with E-state index in [1.165, 1.54) is 11.5 Å². The molecular formula is C20H24F3N7OS. The molecule has 1 N–H and O–H groups in total. The molecule has 2 atom stereocenters. The lowest BCUT2D eigenvalue weighted by Crippen LogP contribution is -2.48. The zero-order valence-corrected chi connectivity index (χ0v) is 18.4. The van der Waals surface area contributed by atoms with Crippen LogP contribution >= 0.6 is 11.5 Å². The summed E-state index contributed by atoms with van der Waals surface area (Å²) >= 11 is 1.45. The number of halogens is 3. The van der Waals surface area contributed by atoms with Crippen LogP contribution in [0.5, 0.6) is 5.75 Å². The number of aryl methyl sites for hydroxylation is 1. The first-order valence-corrected chi connectivity index (χ1v) is 11.5. The van der Waals surface area contributed by atoms with Gasteiger partial charge in [0, 0.05) is 43.3 Å². The Morgan fingerprint density at radius 3 is 2.69 bits per heavy atom. The van der Waals surface area contributed by atoms with Gasteiger partial charge in [0.2, 0.25) is 11.1 Å². The van der Waals surface area contributed by atoms with Crippen LogP contribution in [0.25, 0.3) is 5.65 Å². The molecule has 2 unspecified atom stereocenters. The van der Waals surface area contributed by atoms with E-state index < -0.39 is 12.6 Å². The van der Waals surface area contributed by atoms with Crippen LogP contribution in [0.3, 0.4) is 0 Å². The van der Waals surface area contributed by atoms with Crippen molar-refractivity contribution in [1.29, 1.82) is 0 Å². The number of ether oxygens (including phenoxy) is 1. The molecule has 0 radical (unpaired) electrons. The van der Waals surface area contributed by atoms with Gasteiger partial charge in [-0.3, -0.25) is 0 Å². The molecule has 4 heterocycles. The lowest BCUT2D eigenvalue weighted by atomic mass is 9.92. The predicted octanol–water partition coefficient (Wildman–Crippen LogP) is 3.94. The van der Waals surface area contributed by atoms with Gasteiger partial charge in [0.15, 0.2) is 11.4 Å². The smallest absolute Gasteiger partial charge is 0.389 e. The van der Waals surface area contributed by atoms with Crippen LogP contribution in [0.4, 0.5) is 24.3 Å². The first-order chi connectivity index (χ1) is 15.4. The van der Waals surface area contributed by atoms with Crippen LogP contribution in [0.2, 0.25) is 0 Å². The Morgan fingerprint density at radius 1 is 1.22 bits per heavy atom. The molecule has 0 amide bonds. The van der Waals surface area contributed by atoms with Gasteiger partial charge in [-0.25, -0.2) is 9.50 Å². The number of rotatable bonds is 7. The average Bonchev–Trinajstić information content (AvgIpc) is 3.41. The molecule has 1 saturated carbocycles. The SMILES string of the molecule is Cc1nsc(N2CC3CCC(C2)C3Nc2nc3c(OCCCC(F)(F)F)cccn3n2)n1. The Kier molecular flexibility index (Phi) is 5.56. The molecule has 3 aromatic heterocycles. The highest BCUT2D eigenvalue weighted by Crippen LogP contribution is 2.40. The van der Waals surface area contributed by atoms with Gasteiger partial charge in [0.05, 0.1) is 6.61 Å². The van der Waals surface area contributed by atoms with Crippen molar-refractivity contribution in [3.8, 4) is 5.75 Å². The Labute approximate surface area is 187 Å². The Morgan fingerprint density at radius 2 is 2.00 bits per heavy atom. The van der Waals surface area contributed by atoms with E-state index in [1.807, 2.05) is 6.92 Å². The zero-order chi connectivity index (χ0) is 22.3. The summed E-state index contributed by atoms with van der Waals surface area (Å²) in [7, 11) is 0. The molecule has 1 aliphatic heterocycles. The number of piperidine rings is 1. The van der Waals surface area contributed by atoms with Crippen molar-refractivity contribution < 1.29 is 17.9 Å². The quantitative estimate of drug-likeness (QED) is 0.527. The van der Waals surface area contributed by atoms with E-state index in [-0.39, 0.29) is 19.1 Å². The maximum atomic E-state index is 12.4. The second-order valence-corrected chi connectivity index (χ2v) is 9.17. The van der Waals surface area contributed by atoms with Gasteiger partial charge < -0.3 is 15.0 Å². The number of alkyl halides is 3. The van der Waals surface area contributed by atoms with E-state index in [2.05, 4.69) is 29.7 Å². The molecule has 2 bridgehead atoms. The fourth-order valence-corrected chi connectivity index (χ4v) is 5.38. The van der Waals surface area contributed by atoms with E-state index in [0.29, 0.717) is 29.2 Å². The lowest BCUT2D eigenvalue weighted by Gasteiger charge is -2.37. The van der Waals surface area contributed by atoms with E-state index in [4.69, 9.17) is 4.74 Å². The molecule has 1 aliphatic carbocycles. The van der Waals surface area contributed by atoms with Gasteiger partial charge in [0.25, 0.3) is 0 Å². The molecule has 172 valence electrons. The summed E-state index contributed by atoms with van der Waals surface area (Å²) in [5.41, 5.74) is 0.496. The van der Waals surface area contributed by atoms with Crippen molar-refractivity contribution in [2.75, 3.05) is 29.9 Å². The van der Waals surface area contributed by atoms with Gasteiger partial charge in [-0.1, -0.05) is 0 Å². The molecule has 2 fully saturated rings. The van der Waals surface area contributed by atoms with Crippen molar-refractivity contribution in [3.63, 3.8) is 0 Å². The Hall–Kier alpha value is -2.63. The molecule has 0 spiro atoms. The molecule has 2 aliphatic rings. The Balaban J connectivity index is 1.25. The number of fused-ring (bicyclic) bond motifs is 3. The Bertz CT molecular complexity index is 1070. The standard InChI is InChI=1S/C20H24F3N7OS/c1-12-24-19(32-28-12)29-10-13-5-6-14(11-29)16(13)25-18-26-17-15(4-2-8-30(17)27-18)31-9-3-7-20(21,22)23/h2,4,8,13-14,16H,3,5-7,9-11H2,1H3,(H,25,27). The summed E-state index contributed by atoms with van der Waals surface area (Å²) in [5, 5.41) is 9.01. The number of anilines is 2. The number of hydrogen-bond donors (Lipinski definition) is 1. The minimum Gasteiger partial charge on any atom is -0.490 e. The fraction of sp³-hybridized carbons (Fsp3) is 0.600. The third-order valence-electron chi connectivity index (χ3n) is 6.11. The van der Waals surface area contributed by atoms with E-state index in [0.717, 1.165) is 36.9 Å². The number of nitrogens with one attached hydrogen (secondary N) is 1. The van der Waals surface area contributed by atoms with E-state index >= 15 is 0 Å². The highest BCUT2D eigenvalue weighted by Gasteiger charge is 2.43. The van der Waals surface area contributed by atoms with Crippen LogP contribution in [0.15, 0.2) is 18.3 Å². The third-order valence-corrected chi connectivity index (χ3v) is 6.97. The first-order valence-electron chi connectivity index (χ1n) is 10.7. The summed E-state index contributed by atoms with van der Waals surface area (Å²) in [4.78, 5) is 11.4. The van der Waals surface area contributed by atoms with Crippen molar-refractivity contribution in [3.05, 3.63) is 24.2 Å². The highest BCUT2D eigenvalue weighted by atomic mass is 32.1. The van der Waals surface area contributed by atoms with Crippen molar-refractivity contribution >= 4 is 28.3 Å². The van der Waals surface area contributed by atoms with Crippen molar-refractivity contribution in [1.82, 2.24) is 24.0 Å². The minimum absolute atomic E-state index is 0.0253. The van der Waals surface area contributed by atoms with Crippen LogP contribution < -0.4 is 15.0 Å². The second-order valence-electron chi connectivity index (χ2n) is 8.44. The van der Waals surface area contributed by atoms with Crippen molar-refractivity contribution in [2.24, 2.45) is 11.8 Å². The largest absolute Gasteiger partial charge is 0.490 e. The molecular weight excluding hydrogens is 443 g/mol. The number of pyridine rings is 1. The summed E-state index contributed by atoms with van der Waals surface area (Å²) in [6, 6.07) is 3.72. The van der Waals surface area contributed by atoms with Gasteiger partial charge in [-0.05, 0) is 50.2 Å². The second kappa shape index (κ2) is 8.38. The monoisotopic (exact) mass is 467 g/mol. The van der Waals surface area contributed by atoms with E-state index in [1.54, 1.807) is 22.8 Å². The molecule has 5 rings (SSSR count). The zero-order valence-electron chi connectivity index (χ0n) is 17.5. The topological polar surface area (TPSA) is 80.5 Å². The third kappa shape index (κ3) is 4.45. The van der Waals surface area contributed by atoms with Crippen molar-refractivity contribution in [2.45, 2.75) is 44.8 Å². The maximum Gasteiger partial charge on any atom is 0.389 e. The number of nitrogens with zero attached hydrogens (tertiary/aromatic N) is 6. The molecule has 0 aromatic carbocycles. The maximum absolute atomic E-state index is 12.4. The number of aromatic nitrogens is 5. The van der Waals surface area contributed by atoms with Crippen LogP contribution in [0, 0.1) is 18.8 Å². The highest BCUT2D eigenvalue weighted by molar-refractivity contribution is 7.09. The normalized spacial score (nSPS) is 23.1. The predicted molar refractivity (Wildman–Crippen MR) is 114 cm³/mol. The summed E-state index contributed by atoms with van der Waals surface area (Å²) in [6.45, 7) is 3.72. The van der Waals surface area contributed by atoms with E-state index in [9.17, 15) is 13.2 Å². The molecule has 12 heteroatoms. The molecule has 1 saturated heterocycles. The summed E-state index contributed by atoms with van der Waals surface area (Å²) in [5.74, 6) is 2.67. The summed E-state index contributed by atoms with van der Waals surface area (Å²) < 4.78 is 48.5. The minimum atomic E-state index is -4.18. The van der Waals surface area contributed by atoms with Crippen LogP contribution in [-0.4, -0.2) is 55.9 Å². The number of hydrogen-bond acceptors (Lipinski definition) is 8. The lowest BCUT2D eigenvalue weighted by molar-refractivity contribution is -0.136. The molecule has 3 aromatic rings. The first kappa shape index (κ1) is 21.2. The van der Waals surface area contributed by atoms with Gasteiger partial charge in [-0.15, -0.1) is 5.10 Å². The van der Waals surface area contributed by atoms with Gasteiger partial charge >= 0.3 is 6.18 Å². The summed E-state index contributed by atoms with van der Waals surface area (Å²) in [6.07, 6.45) is -1.11. The molecule has 8 nitrogen and oxygen atoms in total.